The highest BCUT2D eigenvalue weighted by molar-refractivity contribution is 5.81. The van der Waals surface area contributed by atoms with Crippen LogP contribution >= 0.6 is 0 Å². The van der Waals surface area contributed by atoms with Crippen LogP contribution in [0.2, 0.25) is 0 Å². The van der Waals surface area contributed by atoms with Crippen LogP contribution in [0.1, 0.15) is 40.5 Å². The van der Waals surface area contributed by atoms with Crippen molar-refractivity contribution >= 4 is 5.91 Å². The first-order chi connectivity index (χ1) is 8.95. The van der Waals surface area contributed by atoms with Gasteiger partial charge in [0.15, 0.2) is 0 Å². The second kappa shape index (κ2) is 7.85. The van der Waals surface area contributed by atoms with Gasteiger partial charge in [-0.15, -0.1) is 0 Å². The Morgan fingerprint density at radius 1 is 1.42 bits per heavy atom. The normalized spacial score (nSPS) is 26.4. The minimum absolute atomic E-state index is 0.0336. The number of piperidine rings is 1. The smallest absolute Gasteiger partial charge is 0.237 e. The molecule has 1 aliphatic heterocycles. The third-order valence-electron chi connectivity index (χ3n) is 4.40. The maximum atomic E-state index is 12.1. The van der Waals surface area contributed by atoms with Crippen molar-refractivity contribution < 1.29 is 4.79 Å². The Hall–Kier alpha value is -0.610. The van der Waals surface area contributed by atoms with Crippen molar-refractivity contribution in [3.05, 3.63) is 0 Å². The molecule has 4 nitrogen and oxygen atoms in total. The van der Waals surface area contributed by atoms with Gasteiger partial charge in [0, 0.05) is 13.1 Å². The summed E-state index contributed by atoms with van der Waals surface area (Å²) in [5, 5.41) is 3.04. The van der Waals surface area contributed by atoms with E-state index in [4.69, 9.17) is 5.73 Å². The Morgan fingerprint density at radius 3 is 2.68 bits per heavy atom. The van der Waals surface area contributed by atoms with E-state index in [-0.39, 0.29) is 11.9 Å². The van der Waals surface area contributed by atoms with Gasteiger partial charge in [-0.1, -0.05) is 20.8 Å². The summed E-state index contributed by atoms with van der Waals surface area (Å²) in [6.07, 6.45) is 2.19. The van der Waals surface area contributed by atoms with Gasteiger partial charge in [0.1, 0.15) is 0 Å². The molecule has 1 fully saturated rings. The highest BCUT2D eigenvalue weighted by Gasteiger charge is 2.30. The summed E-state index contributed by atoms with van der Waals surface area (Å²) in [6.45, 7) is 12.1. The van der Waals surface area contributed by atoms with Gasteiger partial charge in [-0.25, -0.2) is 0 Å². The number of nitrogens with zero attached hydrogens (tertiary/aromatic N) is 1. The van der Waals surface area contributed by atoms with Crippen LogP contribution in [0.15, 0.2) is 0 Å². The maximum absolute atomic E-state index is 12.1. The summed E-state index contributed by atoms with van der Waals surface area (Å²) in [5.74, 6) is 2.00. The van der Waals surface area contributed by atoms with Gasteiger partial charge in [0.25, 0.3) is 0 Å². The molecule has 0 saturated carbocycles. The Morgan fingerprint density at radius 2 is 2.11 bits per heavy atom. The van der Waals surface area contributed by atoms with Crippen molar-refractivity contribution in [3.8, 4) is 0 Å². The molecule has 0 aliphatic carbocycles. The van der Waals surface area contributed by atoms with Crippen LogP contribution in [0.25, 0.3) is 0 Å². The SMILES string of the molecule is CC(C)CCNC(=O)C(C)N1CCC(C)C(CN)C1. The molecule has 0 aromatic carbocycles. The van der Waals surface area contributed by atoms with Crippen LogP contribution in [0.3, 0.4) is 0 Å². The van der Waals surface area contributed by atoms with E-state index in [1.807, 2.05) is 6.92 Å². The minimum Gasteiger partial charge on any atom is -0.355 e. The maximum Gasteiger partial charge on any atom is 0.237 e. The van der Waals surface area contributed by atoms with Gasteiger partial charge in [-0.2, -0.15) is 0 Å². The standard InChI is InChI=1S/C15H31N3O/c1-11(2)5-7-17-15(19)13(4)18-8-6-12(3)14(9-16)10-18/h11-14H,5-10,16H2,1-4H3,(H,17,19). The first kappa shape index (κ1) is 16.4. The second-order valence-corrected chi connectivity index (χ2v) is 6.41. The molecule has 0 bridgehead atoms. The molecule has 0 radical (unpaired) electrons. The number of carbonyl (C=O) groups is 1. The average molecular weight is 269 g/mol. The number of hydrogen-bond donors (Lipinski definition) is 2. The van der Waals surface area contributed by atoms with Crippen molar-refractivity contribution in [2.24, 2.45) is 23.5 Å². The number of rotatable bonds is 6. The quantitative estimate of drug-likeness (QED) is 0.767. The van der Waals surface area contributed by atoms with Crippen LogP contribution in [0, 0.1) is 17.8 Å². The lowest BCUT2D eigenvalue weighted by atomic mass is 9.86. The van der Waals surface area contributed by atoms with Crippen molar-refractivity contribution in [3.63, 3.8) is 0 Å². The molecule has 0 aromatic rings. The van der Waals surface area contributed by atoms with Crippen LogP contribution in [0.5, 0.6) is 0 Å². The molecule has 3 N–H and O–H groups in total. The number of nitrogens with one attached hydrogen (secondary N) is 1. The zero-order chi connectivity index (χ0) is 14.4. The largest absolute Gasteiger partial charge is 0.355 e. The fourth-order valence-electron chi connectivity index (χ4n) is 2.63. The second-order valence-electron chi connectivity index (χ2n) is 6.41. The number of likely N-dealkylation sites (tertiary alicyclic amines) is 1. The number of nitrogens with two attached hydrogens (primary N) is 1. The molecule has 4 heteroatoms. The predicted molar refractivity (Wildman–Crippen MR) is 79.8 cm³/mol. The van der Waals surface area contributed by atoms with Gasteiger partial charge in [0.05, 0.1) is 6.04 Å². The fourth-order valence-corrected chi connectivity index (χ4v) is 2.63. The lowest BCUT2D eigenvalue weighted by Crippen LogP contribution is -2.52. The van der Waals surface area contributed by atoms with Gasteiger partial charge in [0.2, 0.25) is 5.91 Å². The van der Waals surface area contributed by atoms with Gasteiger partial charge in [-0.05, 0) is 50.6 Å². The molecular weight excluding hydrogens is 238 g/mol. The van der Waals surface area contributed by atoms with E-state index < -0.39 is 0 Å². The molecule has 1 rings (SSSR count). The molecule has 0 aromatic heterocycles. The van der Waals surface area contributed by atoms with Crippen LogP contribution in [0.4, 0.5) is 0 Å². The summed E-state index contributed by atoms with van der Waals surface area (Å²) < 4.78 is 0. The van der Waals surface area contributed by atoms with Crippen LogP contribution < -0.4 is 11.1 Å². The Labute approximate surface area is 118 Å². The lowest BCUT2D eigenvalue weighted by Gasteiger charge is -2.39. The number of amides is 1. The first-order valence-corrected chi connectivity index (χ1v) is 7.67. The first-order valence-electron chi connectivity index (χ1n) is 7.67. The highest BCUT2D eigenvalue weighted by Crippen LogP contribution is 2.23. The highest BCUT2D eigenvalue weighted by atomic mass is 16.2. The van der Waals surface area contributed by atoms with E-state index in [1.54, 1.807) is 0 Å². The molecule has 3 atom stereocenters. The third kappa shape index (κ3) is 5.11. The molecule has 0 spiro atoms. The topological polar surface area (TPSA) is 58.4 Å². The molecule has 1 saturated heterocycles. The van der Waals surface area contributed by atoms with E-state index in [1.165, 1.54) is 0 Å². The van der Waals surface area contributed by atoms with E-state index in [9.17, 15) is 4.79 Å². The van der Waals surface area contributed by atoms with Crippen molar-refractivity contribution in [2.45, 2.75) is 46.6 Å². The Kier molecular flexibility index (Phi) is 6.80. The van der Waals surface area contributed by atoms with Gasteiger partial charge >= 0.3 is 0 Å². The summed E-state index contributed by atoms with van der Waals surface area (Å²) in [6, 6.07) is -0.0336. The van der Waals surface area contributed by atoms with E-state index in [2.05, 4.69) is 31.0 Å². The monoisotopic (exact) mass is 269 g/mol. The Balaban J connectivity index is 2.39. The van der Waals surface area contributed by atoms with E-state index in [0.29, 0.717) is 17.8 Å². The molecule has 19 heavy (non-hydrogen) atoms. The predicted octanol–water partition coefficient (Wildman–Crippen LogP) is 1.45. The van der Waals surface area contributed by atoms with Gasteiger partial charge < -0.3 is 11.1 Å². The summed E-state index contributed by atoms with van der Waals surface area (Å²) >= 11 is 0. The molecule has 1 heterocycles. The van der Waals surface area contributed by atoms with Gasteiger partial charge in [-0.3, -0.25) is 9.69 Å². The van der Waals surface area contributed by atoms with Crippen molar-refractivity contribution in [1.82, 2.24) is 10.2 Å². The molecule has 1 amide bonds. The fraction of sp³-hybridized carbons (Fsp3) is 0.933. The summed E-state index contributed by atoms with van der Waals surface area (Å²) in [5.41, 5.74) is 5.82. The molecule has 3 unspecified atom stereocenters. The summed E-state index contributed by atoms with van der Waals surface area (Å²) in [4.78, 5) is 14.4. The molecule has 1 aliphatic rings. The number of carbonyl (C=O) groups excluding carboxylic acids is 1. The Bertz CT molecular complexity index is 281. The summed E-state index contributed by atoms with van der Waals surface area (Å²) in [7, 11) is 0. The van der Waals surface area contributed by atoms with Crippen molar-refractivity contribution in [2.75, 3.05) is 26.2 Å². The van der Waals surface area contributed by atoms with E-state index in [0.717, 1.165) is 39.0 Å². The zero-order valence-corrected chi connectivity index (χ0v) is 13.0. The average Bonchev–Trinajstić information content (AvgIpc) is 2.38. The lowest BCUT2D eigenvalue weighted by molar-refractivity contribution is -0.126. The van der Waals surface area contributed by atoms with Crippen molar-refractivity contribution in [1.29, 1.82) is 0 Å². The van der Waals surface area contributed by atoms with Crippen LogP contribution in [-0.4, -0.2) is 43.0 Å². The van der Waals surface area contributed by atoms with Crippen LogP contribution in [-0.2, 0) is 4.79 Å². The molecular formula is C15H31N3O. The minimum atomic E-state index is -0.0336. The number of hydrogen-bond acceptors (Lipinski definition) is 3. The third-order valence-corrected chi connectivity index (χ3v) is 4.40. The van der Waals surface area contributed by atoms with E-state index >= 15 is 0 Å². The zero-order valence-electron chi connectivity index (χ0n) is 13.0. The molecule has 112 valence electrons.